The van der Waals surface area contributed by atoms with Gasteiger partial charge in [0.05, 0.1) is 17.3 Å². The molecule has 0 heterocycles. The molecule has 20 heavy (non-hydrogen) atoms. The fourth-order valence-electron chi connectivity index (χ4n) is 2.42. The van der Waals surface area contributed by atoms with Crippen molar-refractivity contribution >= 4 is 23.0 Å². The summed E-state index contributed by atoms with van der Waals surface area (Å²) in [4.78, 5) is 0. The van der Waals surface area contributed by atoms with Crippen molar-refractivity contribution in [3.8, 4) is 17.2 Å². The van der Waals surface area contributed by atoms with Gasteiger partial charge in [0.2, 0.25) is 0 Å². The molecule has 0 fully saturated rings. The lowest BCUT2D eigenvalue weighted by atomic mass is 10.0. The van der Waals surface area contributed by atoms with Gasteiger partial charge in [0.25, 0.3) is 0 Å². The minimum Gasteiger partial charge on any atom is -0.375 e. The maximum atomic E-state index is 9.29. The molecule has 3 N–H and O–H groups in total. The minimum atomic E-state index is 0.111. The predicted molar refractivity (Wildman–Crippen MR) is 82.2 cm³/mol. The molecule has 2 aromatic rings. The van der Waals surface area contributed by atoms with Crippen molar-refractivity contribution in [1.82, 2.24) is 5.43 Å². The molecule has 3 rings (SSSR count). The fraction of sp³-hybridized carbons (Fsp3) is 0. The maximum absolute atomic E-state index is 9.29. The van der Waals surface area contributed by atoms with Gasteiger partial charge in [0.1, 0.15) is 0 Å². The number of fused-ring (bicyclic) bond motifs is 3. The summed E-state index contributed by atoms with van der Waals surface area (Å²) < 4.78 is 0. The van der Waals surface area contributed by atoms with Crippen molar-refractivity contribution in [2.75, 3.05) is 0 Å². The van der Waals surface area contributed by atoms with Crippen molar-refractivity contribution in [1.29, 1.82) is 5.26 Å². The molecule has 0 aromatic heterocycles. The second kappa shape index (κ2) is 4.76. The van der Waals surface area contributed by atoms with E-state index in [0.29, 0.717) is 5.56 Å². The van der Waals surface area contributed by atoms with E-state index in [9.17, 15) is 5.26 Å². The van der Waals surface area contributed by atoms with Gasteiger partial charge in [-0.1, -0.05) is 36.4 Å². The monoisotopic (exact) mass is 278 g/mol. The normalized spacial score (nSPS) is 13.4. The molecular weight excluding hydrogens is 268 g/mol. The van der Waals surface area contributed by atoms with Gasteiger partial charge in [0.15, 0.2) is 5.11 Å². The Labute approximate surface area is 121 Å². The Kier molecular flexibility index (Phi) is 2.93. The summed E-state index contributed by atoms with van der Waals surface area (Å²) >= 11 is 4.78. The third-order valence-electron chi connectivity index (χ3n) is 3.17. The standard InChI is InChI=1S/C15H10N4S/c16-8-9-4-3-7-12-13(9)10-5-1-2-6-11(10)14(12)18-19-15(17)20/h1-7H,(H3,17,19,20)/b18-14+. The smallest absolute Gasteiger partial charge is 0.184 e. The Bertz CT molecular complexity index is 787. The first-order chi connectivity index (χ1) is 9.72. The van der Waals surface area contributed by atoms with Crippen LogP contribution in [0.5, 0.6) is 0 Å². The van der Waals surface area contributed by atoms with Crippen LogP contribution >= 0.6 is 12.2 Å². The summed E-state index contributed by atoms with van der Waals surface area (Å²) in [7, 11) is 0. The molecule has 4 nitrogen and oxygen atoms in total. The van der Waals surface area contributed by atoms with E-state index in [1.807, 2.05) is 36.4 Å². The molecule has 0 atom stereocenters. The summed E-state index contributed by atoms with van der Waals surface area (Å²) in [5, 5.41) is 13.7. The molecule has 0 aliphatic heterocycles. The van der Waals surface area contributed by atoms with E-state index in [1.165, 1.54) is 0 Å². The molecule has 96 valence electrons. The Morgan fingerprint density at radius 1 is 1.10 bits per heavy atom. The fourth-order valence-corrected chi connectivity index (χ4v) is 2.46. The van der Waals surface area contributed by atoms with E-state index in [0.717, 1.165) is 28.0 Å². The van der Waals surface area contributed by atoms with E-state index in [1.54, 1.807) is 6.07 Å². The number of thiocarbonyl (C=S) groups is 1. The average molecular weight is 278 g/mol. The zero-order valence-corrected chi connectivity index (χ0v) is 11.2. The van der Waals surface area contributed by atoms with Crippen LogP contribution in [0.1, 0.15) is 16.7 Å². The highest BCUT2D eigenvalue weighted by molar-refractivity contribution is 7.80. The molecule has 5 heteroatoms. The lowest BCUT2D eigenvalue weighted by Gasteiger charge is -2.02. The molecule has 0 unspecified atom stereocenters. The van der Waals surface area contributed by atoms with Gasteiger partial charge in [-0.05, 0) is 23.8 Å². The molecule has 2 aromatic carbocycles. The third kappa shape index (κ3) is 1.83. The van der Waals surface area contributed by atoms with E-state index in [2.05, 4.69) is 16.6 Å². The van der Waals surface area contributed by atoms with Crippen molar-refractivity contribution in [2.24, 2.45) is 10.8 Å². The van der Waals surface area contributed by atoms with Gasteiger partial charge in [-0.2, -0.15) is 10.4 Å². The molecule has 0 amide bonds. The van der Waals surface area contributed by atoms with Crippen LogP contribution in [0.4, 0.5) is 0 Å². The maximum Gasteiger partial charge on any atom is 0.184 e. The molecule has 0 saturated heterocycles. The van der Waals surface area contributed by atoms with Gasteiger partial charge in [-0.3, -0.25) is 5.43 Å². The number of nitrogens with one attached hydrogen (secondary N) is 1. The zero-order chi connectivity index (χ0) is 14.1. The van der Waals surface area contributed by atoms with Crippen LogP contribution in [0.15, 0.2) is 47.6 Å². The first kappa shape index (κ1) is 12.3. The molecular formula is C15H10N4S. The highest BCUT2D eigenvalue weighted by Gasteiger charge is 2.26. The van der Waals surface area contributed by atoms with Crippen LogP contribution in [0.25, 0.3) is 11.1 Å². The number of benzene rings is 2. The molecule has 0 bridgehead atoms. The predicted octanol–water partition coefficient (Wildman–Crippen LogP) is 2.12. The second-order valence-electron chi connectivity index (χ2n) is 4.32. The van der Waals surface area contributed by atoms with Crippen LogP contribution in [-0.4, -0.2) is 10.8 Å². The van der Waals surface area contributed by atoms with E-state index < -0.39 is 0 Å². The number of nitrogens with zero attached hydrogens (tertiary/aromatic N) is 2. The number of rotatable bonds is 1. The van der Waals surface area contributed by atoms with Crippen molar-refractivity contribution in [3.05, 3.63) is 59.2 Å². The Balaban J connectivity index is 2.29. The number of nitriles is 1. The zero-order valence-electron chi connectivity index (χ0n) is 10.4. The van der Waals surface area contributed by atoms with E-state index in [4.69, 9.17) is 18.0 Å². The van der Waals surface area contributed by atoms with Gasteiger partial charge in [-0.25, -0.2) is 0 Å². The lowest BCUT2D eigenvalue weighted by molar-refractivity contribution is 1.03. The van der Waals surface area contributed by atoms with Crippen molar-refractivity contribution in [3.63, 3.8) is 0 Å². The Morgan fingerprint density at radius 2 is 1.80 bits per heavy atom. The highest BCUT2D eigenvalue weighted by atomic mass is 32.1. The number of hydrazone groups is 1. The van der Waals surface area contributed by atoms with Crippen LogP contribution in [0.2, 0.25) is 0 Å². The van der Waals surface area contributed by atoms with Gasteiger partial charge >= 0.3 is 0 Å². The second-order valence-corrected chi connectivity index (χ2v) is 4.76. The van der Waals surface area contributed by atoms with Crippen LogP contribution < -0.4 is 11.2 Å². The minimum absolute atomic E-state index is 0.111. The summed E-state index contributed by atoms with van der Waals surface area (Å²) in [6, 6.07) is 15.7. The summed E-state index contributed by atoms with van der Waals surface area (Å²) in [6.45, 7) is 0. The Morgan fingerprint density at radius 3 is 2.50 bits per heavy atom. The largest absolute Gasteiger partial charge is 0.375 e. The van der Waals surface area contributed by atoms with E-state index >= 15 is 0 Å². The molecule has 0 saturated carbocycles. The Hall–Kier alpha value is -2.71. The molecule has 0 radical (unpaired) electrons. The van der Waals surface area contributed by atoms with Gasteiger partial charge < -0.3 is 5.73 Å². The SMILES string of the molecule is N#Cc1cccc2c1-c1ccccc1/C2=N\NC(N)=S. The quantitative estimate of drug-likeness (QED) is 0.528. The molecule has 1 aliphatic rings. The van der Waals surface area contributed by atoms with E-state index in [-0.39, 0.29) is 5.11 Å². The first-order valence-electron chi connectivity index (χ1n) is 5.98. The summed E-state index contributed by atoms with van der Waals surface area (Å²) in [6.07, 6.45) is 0. The van der Waals surface area contributed by atoms with Crippen LogP contribution in [0, 0.1) is 11.3 Å². The van der Waals surface area contributed by atoms with Crippen molar-refractivity contribution in [2.45, 2.75) is 0 Å². The third-order valence-corrected chi connectivity index (χ3v) is 3.26. The number of hydrogen-bond acceptors (Lipinski definition) is 3. The van der Waals surface area contributed by atoms with Gasteiger partial charge in [0, 0.05) is 16.7 Å². The highest BCUT2D eigenvalue weighted by Crippen LogP contribution is 2.38. The summed E-state index contributed by atoms with van der Waals surface area (Å²) in [5.74, 6) is 0. The van der Waals surface area contributed by atoms with Gasteiger partial charge in [-0.15, -0.1) is 0 Å². The summed E-state index contributed by atoms with van der Waals surface area (Å²) in [5.41, 5.74) is 13.2. The number of hydrogen-bond donors (Lipinski definition) is 2. The molecule has 1 aliphatic carbocycles. The number of nitrogens with two attached hydrogens (primary N) is 1. The van der Waals surface area contributed by atoms with Crippen LogP contribution in [0.3, 0.4) is 0 Å². The lowest BCUT2D eigenvalue weighted by Crippen LogP contribution is -2.25. The van der Waals surface area contributed by atoms with Crippen molar-refractivity contribution < 1.29 is 0 Å². The average Bonchev–Trinajstić information content (AvgIpc) is 2.79. The van der Waals surface area contributed by atoms with Crippen LogP contribution in [-0.2, 0) is 0 Å². The topological polar surface area (TPSA) is 74.2 Å². The first-order valence-corrected chi connectivity index (χ1v) is 6.39. The molecule has 0 spiro atoms.